The second kappa shape index (κ2) is 4.70. The molecule has 0 radical (unpaired) electrons. The lowest BCUT2D eigenvalue weighted by atomic mass is 10.1. The summed E-state index contributed by atoms with van der Waals surface area (Å²) in [6, 6.07) is 4.22. The molecule has 1 atom stereocenters. The van der Waals surface area contributed by atoms with E-state index in [9.17, 15) is 18.0 Å². The summed E-state index contributed by atoms with van der Waals surface area (Å²) in [5.74, 6) is -1.08. The monoisotopic (exact) mass is 324 g/mol. The average Bonchev–Trinajstić information content (AvgIpc) is 3.14. The van der Waals surface area contributed by atoms with Crippen LogP contribution in [0.5, 0.6) is 0 Å². The second-order valence-electron chi connectivity index (χ2n) is 5.73. The van der Waals surface area contributed by atoms with Crippen LogP contribution in [0, 0.1) is 0 Å². The maximum atomic E-state index is 12.4. The first-order chi connectivity index (χ1) is 10.2. The number of amides is 1. The predicted octanol–water partition coefficient (Wildman–Crippen LogP) is 0.817. The molecule has 1 aromatic heterocycles. The summed E-state index contributed by atoms with van der Waals surface area (Å²) in [7, 11) is -3.25. The van der Waals surface area contributed by atoms with Crippen molar-refractivity contribution in [1.29, 1.82) is 0 Å². The van der Waals surface area contributed by atoms with Gasteiger partial charge in [0.2, 0.25) is 0 Å². The van der Waals surface area contributed by atoms with Gasteiger partial charge in [0.25, 0.3) is 5.91 Å². The number of aromatic amines is 1. The molecule has 0 aliphatic heterocycles. The SMILES string of the molecule is CC(NC(=O)c1cccc2oc(=O)[nH]c12)C1(S(C)(=O)=O)CC1. The minimum Gasteiger partial charge on any atom is -0.408 e. The first kappa shape index (κ1) is 14.8. The number of aromatic nitrogens is 1. The Hall–Kier alpha value is -2.09. The zero-order valence-electron chi connectivity index (χ0n) is 12.2. The van der Waals surface area contributed by atoms with Crippen LogP contribution in [0.1, 0.15) is 30.1 Å². The van der Waals surface area contributed by atoms with Crippen LogP contribution in [0.15, 0.2) is 27.4 Å². The largest absolute Gasteiger partial charge is 0.417 e. The fourth-order valence-electron chi connectivity index (χ4n) is 2.82. The van der Waals surface area contributed by atoms with Gasteiger partial charge in [0.15, 0.2) is 15.4 Å². The third kappa shape index (κ3) is 2.23. The van der Waals surface area contributed by atoms with Gasteiger partial charge < -0.3 is 9.73 Å². The number of para-hydroxylation sites is 1. The number of rotatable bonds is 4. The zero-order chi connectivity index (χ0) is 16.1. The zero-order valence-corrected chi connectivity index (χ0v) is 13.0. The van der Waals surface area contributed by atoms with Crippen LogP contribution >= 0.6 is 0 Å². The molecule has 1 unspecified atom stereocenters. The predicted molar refractivity (Wildman–Crippen MR) is 80.6 cm³/mol. The van der Waals surface area contributed by atoms with E-state index in [0.717, 1.165) is 0 Å². The number of sulfone groups is 1. The van der Waals surface area contributed by atoms with Crippen LogP contribution in [0.25, 0.3) is 11.1 Å². The molecule has 22 heavy (non-hydrogen) atoms. The van der Waals surface area contributed by atoms with E-state index in [2.05, 4.69) is 10.3 Å². The van der Waals surface area contributed by atoms with Crippen LogP contribution in [0.4, 0.5) is 0 Å². The molecule has 0 spiro atoms. The van der Waals surface area contributed by atoms with Gasteiger partial charge in [-0.2, -0.15) is 0 Å². The Labute approximate surface area is 126 Å². The smallest absolute Gasteiger partial charge is 0.408 e. The molecule has 2 aromatic rings. The fraction of sp³-hybridized carbons (Fsp3) is 0.429. The van der Waals surface area contributed by atoms with E-state index in [-0.39, 0.29) is 11.1 Å². The molecular weight excluding hydrogens is 308 g/mol. The lowest BCUT2D eigenvalue weighted by Crippen LogP contribution is -2.46. The second-order valence-corrected chi connectivity index (χ2v) is 8.08. The lowest BCUT2D eigenvalue weighted by Gasteiger charge is -2.23. The third-order valence-electron chi connectivity index (χ3n) is 4.32. The molecule has 1 aliphatic carbocycles. The van der Waals surface area contributed by atoms with E-state index in [1.54, 1.807) is 25.1 Å². The highest BCUT2D eigenvalue weighted by atomic mass is 32.2. The third-order valence-corrected chi connectivity index (χ3v) is 6.56. The molecule has 1 aromatic carbocycles. The molecule has 0 saturated heterocycles. The molecule has 1 heterocycles. The normalized spacial score (nSPS) is 18.1. The summed E-state index contributed by atoms with van der Waals surface area (Å²) in [5, 5.41) is 2.73. The molecule has 0 bridgehead atoms. The maximum absolute atomic E-state index is 12.4. The van der Waals surface area contributed by atoms with Gasteiger partial charge in [-0.05, 0) is 31.9 Å². The van der Waals surface area contributed by atoms with E-state index >= 15 is 0 Å². The van der Waals surface area contributed by atoms with E-state index < -0.39 is 32.3 Å². The molecule has 1 saturated carbocycles. The first-order valence-electron chi connectivity index (χ1n) is 6.87. The highest BCUT2D eigenvalue weighted by Gasteiger charge is 2.56. The van der Waals surface area contributed by atoms with Crippen molar-refractivity contribution in [3.05, 3.63) is 34.3 Å². The van der Waals surface area contributed by atoms with Crippen LogP contribution in [-0.4, -0.2) is 36.4 Å². The number of benzene rings is 1. The van der Waals surface area contributed by atoms with E-state index in [4.69, 9.17) is 4.42 Å². The Balaban J connectivity index is 1.90. The van der Waals surface area contributed by atoms with E-state index in [1.165, 1.54) is 6.26 Å². The van der Waals surface area contributed by atoms with Crippen molar-refractivity contribution in [1.82, 2.24) is 10.3 Å². The topological polar surface area (TPSA) is 109 Å². The van der Waals surface area contributed by atoms with Crippen molar-refractivity contribution in [2.24, 2.45) is 0 Å². The van der Waals surface area contributed by atoms with E-state index in [1.807, 2.05) is 0 Å². The fourth-order valence-corrected chi connectivity index (χ4v) is 4.36. The Morgan fingerprint density at radius 3 is 2.68 bits per heavy atom. The van der Waals surface area contributed by atoms with Gasteiger partial charge in [0.05, 0.1) is 15.8 Å². The first-order valence-corrected chi connectivity index (χ1v) is 8.76. The minimum atomic E-state index is -3.25. The summed E-state index contributed by atoms with van der Waals surface area (Å²) in [6.07, 6.45) is 2.27. The Morgan fingerprint density at radius 2 is 2.09 bits per heavy atom. The lowest BCUT2D eigenvalue weighted by molar-refractivity contribution is 0.0939. The number of hydrogen-bond acceptors (Lipinski definition) is 5. The highest BCUT2D eigenvalue weighted by molar-refractivity contribution is 7.92. The molecule has 2 N–H and O–H groups in total. The van der Waals surface area contributed by atoms with Gasteiger partial charge in [0.1, 0.15) is 0 Å². The van der Waals surface area contributed by atoms with Gasteiger partial charge >= 0.3 is 5.76 Å². The average molecular weight is 324 g/mol. The summed E-state index contributed by atoms with van der Waals surface area (Å²) in [6.45, 7) is 1.68. The standard InChI is InChI=1S/C14H16N2O5S/c1-8(14(6-7-14)22(2,19)20)15-12(17)9-4-3-5-10-11(9)16-13(18)21-10/h3-5,8H,6-7H2,1-2H3,(H,15,17)(H,16,18). The summed E-state index contributed by atoms with van der Waals surface area (Å²) < 4.78 is 27.8. The number of hydrogen-bond donors (Lipinski definition) is 2. The molecule has 1 amide bonds. The van der Waals surface area contributed by atoms with Crippen LogP contribution in [-0.2, 0) is 9.84 Å². The Morgan fingerprint density at radius 1 is 1.41 bits per heavy atom. The summed E-state index contributed by atoms with van der Waals surface area (Å²) in [5.41, 5.74) is 0.843. The van der Waals surface area contributed by atoms with Gasteiger partial charge in [-0.25, -0.2) is 13.2 Å². The number of carbonyl (C=O) groups is 1. The number of nitrogens with one attached hydrogen (secondary N) is 2. The minimum absolute atomic E-state index is 0.250. The highest BCUT2D eigenvalue weighted by Crippen LogP contribution is 2.46. The van der Waals surface area contributed by atoms with Crippen molar-refractivity contribution in [3.8, 4) is 0 Å². The number of carbonyl (C=O) groups excluding carboxylic acids is 1. The van der Waals surface area contributed by atoms with Gasteiger partial charge in [-0.1, -0.05) is 6.07 Å². The van der Waals surface area contributed by atoms with Crippen LogP contribution < -0.4 is 11.1 Å². The molecule has 8 heteroatoms. The quantitative estimate of drug-likeness (QED) is 0.865. The summed E-state index contributed by atoms with van der Waals surface area (Å²) in [4.78, 5) is 26.1. The molecule has 1 fully saturated rings. The van der Waals surface area contributed by atoms with Gasteiger partial charge in [-0.3, -0.25) is 9.78 Å². The van der Waals surface area contributed by atoms with Gasteiger partial charge in [0, 0.05) is 12.3 Å². The van der Waals surface area contributed by atoms with Crippen LogP contribution in [0.3, 0.4) is 0 Å². The van der Waals surface area contributed by atoms with Crippen molar-refractivity contribution in [2.75, 3.05) is 6.26 Å². The Bertz CT molecular complexity index is 905. The Kier molecular flexibility index (Phi) is 3.17. The summed E-state index contributed by atoms with van der Waals surface area (Å²) >= 11 is 0. The number of oxazole rings is 1. The van der Waals surface area contributed by atoms with Crippen LogP contribution in [0.2, 0.25) is 0 Å². The molecule has 1 aliphatic rings. The van der Waals surface area contributed by atoms with Crippen molar-refractivity contribution < 1.29 is 17.6 Å². The number of H-pyrrole nitrogens is 1. The van der Waals surface area contributed by atoms with Gasteiger partial charge in [-0.15, -0.1) is 0 Å². The molecule has 7 nitrogen and oxygen atoms in total. The molecule has 118 valence electrons. The van der Waals surface area contributed by atoms with E-state index in [0.29, 0.717) is 18.4 Å². The number of fused-ring (bicyclic) bond motifs is 1. The maximum Gasteiger partial charge on any atom is 0.417 e. The van der Waals surface area contributed by atoms with Crippen molar-refractivity contribution >= 4 is 26.8 Å². The van der Waals surface area contributed by atoms with Crippen molar-refractivity contribution in [2.45, 2.75) is 30.6 Å². The molecule has 3 rings (SSSR count). The van der Waals surface area contributed by atoms with Crippen molar-refractivity contribution in [3.63, 3.8) is 0 Å². The molecular formula is C14H16N2O5S.